The molecule has 1 amide bonds. The van der Waals surface area contributed by atoms with Crippen molar-refractivity contribution in [2.24, 2.45) is 0 Å². The Bertz CT molecular complexity index is 424. The molecule has 0 radical (unpaired) electrons. The van der Waals surface area contributed by atoms with Crippen LogP contribution < -0.4 is 10.6 Å². The summed E-state index contributed by atoms with van der Waals surface area (Å²) >= 11 is 0. The van der Waals surface area contributed by atoms with Gasteiger partial charge < -0.3 is 10.6 Å². The third-order valence-electron chi connectivity index (χ3n) is 3.90. The maximum atomic E-state index is 11.5. The van der Waals surface area contributed by atoms with Gasteiger partial charge >= 0.3 is 0 Å². The molecule has 4 heteroatoms. The van der Waals surface area contributed by atoms with E-state index in [4.69, 9.17) is 0 Å². The molecule has 21 heavy (non-hydrogen) atoms. The van der Waals surface area contributed by atoms with Crippen LogP contribution in [0.15, 0.2) is 24.3 Å². The quantitative estimate of drug-likeness (QED) is 0.806. The number of carbonyl (C=O) groups is 1. The Morgan fingerprint density at radius 1 is 1.10 bits per heavy atom. The third kappa shape index (κ3) is 5.86. The highest BCUT2D eigenvalue weighted by atomic mass is 16.1. The van der Waals surface area contributed by atoms with E-state index in [-0.39, 0.29) is 5.91 Å². The van der Waals surface area contributed by atoms with E-state index in [2.05, 4.69) is 39.8 Å². The molecular weight excluding hydrogens is 262 g/mol. The molecule has 0 saturated carbocycles. The Labute approximate surface area is 127 Å². The lowest BCUT2D eigenvalue weighted by Crippen LogP contribution is -2.33. The van der Waals surface area contributed by atoms with Crippen molar-refractivity contribution in [3.05, 3.63) is 35.4 Å². The van der Waals surface area contributed by atoms with Crippen LogP contribution in [0.4, 0.5) is 0 Å². The van der Waals surface area contributed by atoms with Crippen molar-refractivity contribution < 1.29 is 4.79 Å². The zero-order chi connectivity index (χ0) is 14.9. The molecule has 1 heterocycles. The molecule has 2 rings (SSSR count). The van der Waals surface area contributed by atoms with Gasteiger partial charge in [-0.2, -0.15) is 0 Å². The van der Waals surface area contributed by atoms with Gasteiger partial charge in [-0.1, -0.05) is 37.6 Å². The largest absolute Gasteiger partial charge is 0.351 e. The predicted octanol–water partition coefficient (Wildman–Crippen LogP) is 1.90. The molecule has 0 bridgehead atoms. The molecule has 1 aliphatic heterocycles. The van der Waals surface area contributed by atoms with Gasteiger partial charge in [0, 0.05) is 13.1 Å². The summed E-state index contributed by atoms with van der Waals surface area (Å²) < 4.78 is 0. The monoisotopic (exact) mass is 289 g/mol. The molecule has 0 aliphatic carbocycles. The van der Waals surface area contributed by atoms with E-state index in [1.807, 2.05) is 6.92 Å². The van der Waals surface area contributed by atoms with Crippen LogP contribution in [0, 0.1) is 0 Å². The van der Waals surface area contributed by atoms with E-state index in [0.717, 1.165) is 18.7 Å². The lowest BCUT2D eigenvalue weighted by Gasteiger charge is -2.26. The maximum absolute atomic E-state index is 11.5. The second-order valence-corrected chi connectivity index (χ2v) is 5.71. The third-order valence-corrected chi connectivity index (χ3v) is 3.90. The average molecular weight is 289 g/mol. The molecular formula is C17H27N3O. The van der Waals surface area contributed by atoms with Gasteiger partial charge in [-0.3, -0.25) is 9.69 Å². The van der Waals surface area contributed by atoms with E-state index in [1.54, 1.807) is 0 Å². The zero-order valence-corrected chi connectivity index (χ0v) is 13.0. The van der Waals surface area contributed by atoms with Crippen molar-refractivity contribution >= 4 is 5.91 Å². The molecule has 0 atom stereocenters. The number of likely N-dealkylation sites (N-methyl/N-ethyl adjacent to an activating group) is 1. The first-order valence-corrected chi connectivity index (χ1v) is 8.05. The first kappa shape index (κ1) is 16.0. The normalized spacial score (nSPS) is 15.9. The molecule has 1 aromatic rings. The maximum Gasteiger partial charge on any atom is 0.234 e. The van der Waals surface area contributed by atoms with Gasteiger partial charge in [-0.15, -0.1) is 0 Å². The van der Waals surface area contributed by atoms with Crippen molar-refractivity contribution in [3.63, 3.8) is 0 Å². The number of likely N-dealkylation sites (tertiary alicyclic amines) is 1. The minimum Gasteiger partial charge on any atom is -0.351 e. The smallest absolute Gasteiger partial charge is 0.234 e. The van der Waals surface area contributed by atoms with Crippen LogP contribution in [0.1, 0.15) is 37.3 Å². The van der Waals surface area contributed by atoms with Gasteiger partial charge in [-0.25, -0.2) is 0 Å². The summed E-state index contributed by atoms with van der Waals surface area (Å²) in [6, 6.07) is 8.60. The van der Waals surface area contributed by atoms with Gasteiger partial charge in [0.25, 0.3) is 0 Å². The molecule has 0 spiro atoms. The average Bonchev–Trinajstić information content (AvgIpc) is 2.53. The Hall–Kier alpha value is -1.39. The van der Waals surface area contributed by atoms with Crippen molar-refractivity contribution in [3.8, 4) is 0 Å². The van der Waals surface area contributed by atoms with E-state index in [9.17, 15) is 4.79 Å². The van der Waals surface area contributed by atoms with Crippen LogP contribution in [-0.4, -0.2) is 37.0 Å². The fourth-order valence-corrected chi connectivity index (χ4v) is 2.64. The van der Waals surface area contributed by atoms with Crippen LogP contribution in [0.3, 0.4) is 0 Å². The molecule has 2 N–H and O–H groups in total. The molecule has 4 nitrogen and oxygen atoms in total. The Kier molecular flexibility index (Phi) is 6.70. The van der Waals surface area contributed by atoms with E-state index >= 15 is 0 Å². The number of rotatable bonds is 7. The van der Waals surface area contributed by atoms with Crippen molar-refractivity contribution in [2.45, 2.75) is 39.3 Å². The zero-order valence-electron chi connectivity index (χ0n) is 13.0. The molecule has 1 fully saturated rings. The van der Waals surface area contributed by atoms with Gasteiger partial charge in [0.05, 0.1) is 6.54 Å². The molecule has 1 aromatic carbocycles. The summed E-state index contributed by atoms with van der Waals surface area (Å²) in [5.41, 5.74) is 2.52. The lowest BCUT2D eigenvalue weighted by molar-refractivity contribution is -0.120. The standard InChI is InChI=1S/C17H27N3O/c1-2-18-13-17(21)19-12-15-6-8-16(9-7-15)14-20-10-4-3-5-11-20/h6-9,18H,2-5,10-14H2,1H3,(H,19,21). The molecule has 1 saturated heterocycles. The highest BCUT2D eigenvalue weighted by Gasteiger charge is 2.10. The molecule has 1 aliphatic rings. The van der Waals surface area contributed by atoms with Crippen LogP contribution in [0.5, 0.6) is 0 Å². The number of benzene rings is 1. The second kappa shape index (κ2) is 8.80. The highest BCUT2D eigenvalue weighted by Crippen LogP contribution is 2.13. The predicted molar refractivity (Wildman–Crippen MR) is 86.0 cm³/mol. The van der Waals surface area contributed by atoms with Crippen molar-refractivity contribution in [1.82, 2.24) is 15.5 Å². The minimum absolute atomic E-state index is 0.0502. The van der Waals surface area contributed by atoms with Crippen LogP contribution in [-0.2, 0) is 17.9 Å². The lowest BCUT2D eigenvalue weighted by atomic mass is 10.1. The number of amides is 1. The summed E-state index contributed by atoms with van der Waals surface area (Å²) in [6.07, 6.45) is 4.04. The summed E-state index contributed by atoms with van der Waals surface area (Å²) in [5.74, 6) is 0.0502. The molecule has 0 aromatic heterocycles. The topological polar surface area (TPSA) is 44.4 Å². The Balaban J connectivity index is 1.74. The Morgan fingerprint density at radius 3 is 2.43 bits per heavy atom. The number of piperidine rings is 1. The number of carbonyl (C=O) groups excluding carboxylic acids is 1. The van der Waals surface area contributed by atoms with Gasteiger partial charge in [0.2, 0.25) is 5.91 Å². The van der Waals surface area contributed by atoms with E-state index in [1.165, 1.54) is 37.9 Å². The van der Waals surface area contributed by atoms with Gasteiger partial charge in [0.15, 0.2) is 0 Å². The second-order valence-electron chi connectivity index (χ2n) is 5.71. The van der Waals surface area contributed by atoms with Crippen LogP contribution >= 0.6 is 0 Å². The first-order valence-electron chi connectivity index (χ1n) is 8.05. The fourth-order valence-electron chi connectivity index (χ4n) is 2.64. The van der Waals surface area contributed by atoms with Crippen LogP contribution in [0.25, 0.3) is 0 Å². The number of hydrogen-bond acceptors (Lipinski definition) is 3. The van der Waals surface area contributed by atoms with Crippen LogP contribution in [0.2, 0.25) is 0 Å². The number of nitrogens with one attached hydrogen (secondary N) is 2. The number of hydrogen-bond donors (Lipinski definition) is 2. The number of nitrogens with zero attached hydrogens (tertiary/aromatic N) is 1. The SMILES string of the molecule is CCNCC(=O)NCc1ccc(CN2CCCCC2)cc1. The first-order chi connectivity index (χ1) is 10.3. The minimum atomic E-state index is 0.0502. The summed E-state index contributed by atoms with van der Waals surface area (Å²) in [4.78, 5) is 14.0. The van der Waals surface area contributed by atoms with Crippen molar-refractivity contribution in [1.29, 1.82) is 0 Å². The summed E-state index contributed by atoms with van der Waals surface area (Å²) in [7, 11) is 0. The van der Waals surface area contributed by atoms with E-state index in [0.29, 0.717) is 13.1 Å². The van der Waals surface area contributed by atoms with Gasteiger partial charge in [-0.05, 0) is 43.6 Å². The van der Waals surface area contributed by atoms with E-state index < -0.39 is 0 Å². The summed E-state index contributed by atoms with van der Waals surface area (Å²) in [6.45, 7) is 7.31. The molecule has 0 unspecified atom stereocenters. The highest BCUT2D eigenvalue weighted by molar-refractivity contribution is 5.77. The Morgan fingerprint density at radius 2 is 1.76 bits per heavy atom. The fraction of sp³-hybridized carbons (Fsp3) is 0.588. The summed E-state index contributed by atoms with van der Waals surface area (Å²) in [5, 5.41) is 5.94. The molecule has 116 valence electrons. The van der Waals surface area contributed by atoms with Crippen molar-refractivity contribution in [2.75, 3.05) is 26.2 Å². The van der Waals surface area contributed by atoms with Gasteiger partial charge in [0.1, 0.15) is 0 Å².